The first-order valence-electron chi connectivity index (χ1n) is 9.23. The first kappa shape index (κ1) is 17.5. The summed E-state index contributed by atoms with van der Waals surface area (Å²) in [5.41, 5.74) is 3.37. The highest BCUT2D eigenvalue weighted by atomic mass is 16.2. The number of hydrogen-bond donors (Lipinski definition) is 1. The van der Waals surface area contributed by atoms with Crippen molar-refractivity contribution in [1.82, 2.24) is 4.90 Å². The second kappa shape index (κ2) is 7.73. The summed E-state index contributed by atoms with van der Waals surface area (Å²) in [7, 11) is 0. The lowest BCUT2D eigenvalue weighted by molar-refractivity contribution is -0.134. The van der Waals surface area contributed by atoms with Gasteiger partial charge in [0.1, 0.15) is 6.04 Å². The number of nitrogens with zero attached hydrogens (tertiary/aromatic N) is 1. The van der Waals surface area contributed by atoms with Gasteiger partial charge in [0.15, 0.2) is 0 Å². The zero-order valence-corrected chi connectivity index (χ0v) is 15.4. The van der Waals surface area contributed by atoms with Crippen LogP contribution in [-0.2, 0) is 4.79 Å². The van der Waals surface area contributed by atoms with Gasteiger partial charge in [-0.3, -0.25) is 4.79 Å². The van der Waals surface area contributed by atoms with Gasteiger partial charge in [0, 0.05) is 18.8 Å². The van der Waals surface area contributed by atoms with E-state index in [2.05, 4.69) is 43.4 Å². The Labute approximate surface area is 151 Å². The maximum absolute atomic E-state index is 12.7. The molecule has 1 saturated heterocycles. The summed E-state index contributed by atoms with van der Waals surface area (Å²) in [6, 6.07) is 18.4. The Bertz CT molecular complexity index is 686. The normalized spacial score (nSPS) is 21.6. The van der Waals surface area contributed by atoms with E-state index in [-0.39, 0.29) is 11.9 Å². The predicted octanol–water partition coefficient (Wildman–Crippen LogP) is 4.66. The Hall–Kier alpha value is -2.29. The lowest BCUT2D eigenvalue weighted by Crippen LogP contribution is -2.48. The van der Waals surface area contributed by atoms with Crippen LogP contribution < -0.4 is 5.32 Å². The van der Waals surface area contributed by atoms with Gasteiger partial charge in [0.05, 0.1) is 0 Å². The van der Waals surface area contributed by atoms with E-state index in [1.807, 2.05) is 42.2 Å². The van der Waals surface area contributed by atoms with Crippen molar-refractivity contribution in [1.29, 1.82) is 0 Å². The number of nitrogens with one attached hydrogen (secondary N) is 1. The summed E-state index contributed by atoms with van der Waals surface area (Å²) in [6.07, 6.45) is 1.21. The van der Waals surface area contributed by atoms with Gasteiger partial charge in [0.25, 0.3) is 0 Å². The molecule has 2 aromatic rings. The molecule has 0 unspecified atom stereocenters. The number of piperidine rings is 1. The molecule has 1 aliphatic rings. The summed E-state index contributed by atoms with van der Waals surface area (Å²) >= 11 is 0. The van der Waals surface area contributed by atoms with Crippen LogP contribution in [0.25, 0.3) is 11.1 Å². The Morgan fingerprint density at radius 1 is 0.960 bits per heavy atom. The number of rotatable bonds is 4. The average Bonchev–Trinajstić information content (AvgIpc) is 2.61. The topological polar surface area (TPSA) is 32.3 Å². The number of hydrogen-bond acceptors (Lipinski definition) is 2. The molecule has 1 amide bonds. The van der Waals surface area contributed by atoms with E-state index < -0.39 is 0 Å². The summed E-state index contributed by atoms with van der Waals surface area (Å²) < 4.78 is 0. The van der Waals surface area contributed by atoms with Crippen LogP contribution in [-0.4, -0.2) is 29.9 Å². The van der Waals surface area contributed by atoms with Gasteiger partial charge >= 0.3 is 0 Å². The van der Waals surface area contributed by atoms with Gasteiger partial charge in [-0.2, -0.15) is 0 Å². The van der Waals surface area contributed by atoms with Crippen molar-refractivity contribution < 1.29 is 4.79 Å². The molecule has 1 aliphatic heterocycles. The molecule has 3 nitrogen and oxygen atoms in total. The second-order valence-corrected chi connectivity index (χ2v) is 7.50. The van der Waals surface area contributed by atoms with E-state index in [1.165, 1.54) is 17.5 Å². The van der Waals surface area contributed by atoms with Crippen LogP contribution in [0.4, 0.5) is 5.69 Å². The molecule has 1 N–H and O–H groups in total. The smallest absolute Gasteiger partial charge is 0.244 e. The van der Waals surface area contributed by atoms with Gasteiger partial charge in [-0.1, -0.05) is 56.3 Å². The van der Waals surface area contributed by atoms with E-state index >= 15 is 0 Å². The minimum atomic E-state index is -0.208. The van der Waals surface area contributed by atoms with Crippen molar-refractivity contribution in [3.8, 4) is 11.1 Å². The summed E-state index contributed by atoms with van der Waals surface area (Å²) in [5.74, 6) is 1.38. The molecule has 1 heterocycles. The predicted molar refractivity (Wildman–Crippen MR) is 104 cm³/mol. The Morgan fingerprint density at radius 3 is 2.12 bits per heavy atom. The van der Waals surface area contributed by atoms with E-state index in [4.69, 9.17) is 0 Å². The van der Waals surface area contributed by atoms with Crippen molar-refractivity contribution in [3.63, 3.8) is 0 Å². The van der Waals surface area contributed by atoms with Crippen LogP contribution in [0.5, 0.6) is 0 Å². The molecule has 0 radical (unpaired) electrons. The first-order chi connectivity index (χ1) is 12.0. The fourth-order valence-electron chi connectivity index (χ4n) is 3.82. The van der Waals surface area contributed by atoms with Crippen molar-refractivity contribution in [2.75, 3.05) is 18.4 Å². The van der Waals surface area contributed by atoms with Gasteiger partial charge in [-0.15, -0.1) is 0 Å². The molecule has 3 heteroatoms. The first-order valence-corrected chi connectivity index (χ1v) is 9.23. The van der Waals surface area contributed by atoms with Crippen LogP contribution >= 0.6 is 0 Å². The molecule has 3 atom stereocenters. The van der Waals surface area contributed by atoms with Crippen molar-refractivity contribution in [2.24, 2.45) is 11.8 Å². The molecular formula is C22H28N2O. The Morgan fingerprint density at radius 2 is 1.52 bits per heavy atom. The standard InChI is InChI=1S/C22H28N2O/c1-16-13-17(2)15-24(14-16)22(25)18(3)23-21-11-9-20(10-12-21)19-7-5-4-6-8-19/h4-12,16-18,23H,13-15H2,1-3H3/t16-,17+,18-/m1/s1. The number of carbonyl (C=O) groups excluding carboxylic acids is 1. The molecule has 0 saturated carbocycles. The van der Waals surface area contributed by atoms with Crippen LogP contribution in [0.3, 0.4) is 0 Å². The van der Waals surface area contributed by atoms with E-state index in [1.54, 1.807) is 0 Å². The highest BCUT2D eigenvalue weighted by molar-refractivity contribution is 5.84. The molecule has 132 valence electrons. The molecule has 0 spiro atoms. The molecule has 0 aromatic heterocycles. The summed E-state index contributed by atoms with van der Waals surface area (Å²) in [5, 5.41) is 3.36. The summed E-state index contributed by atoms with van der Waals surface area (Å²) in [6.45, 7) is 8.17. The third-order valence-electron chi connectivity index (χ3n) is 4.93. The van der Waals surface area contributed by atoms with E-state index in [9.17, 15) is 4.79 Å². The molecule has 2 aromatic carbocycles. The van der Waals surface area contributed by atoms with Crippen LogP contribution in [0.1, 0.15) is 27.2 Å². The van der Waals surface area contributed by atoms with E-state index in [0.29, 0.717) is 11.8 Å². The Balaban J connectivity index is 1.62. The minimum Gasteiger partial charge on any atom is -0.374 e. The molecule has 0 aliphatic carbocycles. The number of anilines is 1. The number of amides is 1. The maximum atomic E-state index is 12.7. The van der Waals surface area contributed by atoms with Crippen molar-refractivity contribution in [3.05, 3.63) is 54.6 Å². The minimum absolute atomic E-state index is 0.200. The van der Waals surface area contributed by atoms with Crippen molar-refractivity contribution >= 4 is 11.6 Å². The maximum Gasteiger partial charge on any atom is 0.244 e. The van der Waals surface area contributed by atoms with Gasteiger partial charge in [-0.05, 0) is 48.4 Å². The average molecular weight is 336 g/mol. The third kappa shape index (κ3) is 4.41. The fourth-order valence-corrected chi connectivity index (χ4v) is 3.82. The highest BCUT2D eigenvalue weighted by Gasteiger charge is 2.28. The molecular weight excluding hydrogens is 308 g/mol. The largest absolute Gasteiger partial charge is 0.374 e. The van der Waals surface area contributed by atoms with Gasteiger partial charge < -0.3 is 10.2 Å². The molecule has 25 heavy (non-hydrogen) atoms. The van der Waals surface area contributed by atoms with Crippen LogP contribution in [0.2, 0.25) is 0 Å². The monoisotopic (exact) mass is 336 g/mol. The molecule has 1 fully saturated rings. The van der Waals surface area contributed by atoms with Gasteiger partial charge in [0.2, 0.25) is 5.91 Å². The van der Waals surface area contributed by atoms with Crippen LogP contribution in [0.15, 0.2) is 54.6 Å². The number of likely N-dealkylation sites (tertiary alicyclic amines) is 1. The summed E-state index contributed by atoms with van der Waals surface area (Å²) in [4.78, 5) is 14.8. The quantitative estimate of drug-likeness (QED) is 0.881. The SMILES string of the molecule is C[C@@H]1C[C@H](C)CN(C(=O)[C@@H](C)Nc2ccc(-c3ccccc3)cc2)C1. The third-order valence-corrected chi connectivity index (χ3v) is 4.93. The zero-order valence-electron chi connectivity index (χ0n) is 15.4. The molecule has 0 bridgehead atoms. The van der Waals surface area contributed by atoms with Crippen molar-refractivity contribution in [2.45, 2.75) is 33.2 Å². The van der Waals surface area contributed by atoms with Gasteiger partial charge in [-0.25, -0.2) is 0 Å². The Kier molecular flexibility index (Phi) is 5.42. The molecule has 3 rings (SSSR count). The fraction of sp³-hybridized carbons (Fsp3) is 0.409. The number of carbonyl (C=O) groups is 1. The lowest BCUT2D eigenvalue weighted by Gasteiger charge is -2.36. The number of benzene rings is 2. The van der Waals surface area contributed by atoms with E-state index in [0.717, 1.165) is 18.8 Å². The zero-order chi connectivity index (χ0) is 17.8. The second-order valence-electron chi connectivity index (χ2n) is 7.50. The van der Waals surface area contributed by atoms with Crippen LogP contribution in [0, 0.1) is 11.8 Å². The highest BCUT2D eigenvalue weighted by Crippen LogP contribution is 2.23. The lowest BCUT2D eigenvalue weighted by atomic mass is 9.91.